The second-order valence-corrected chi connectivity index (χ2v) is 6.47. The minimum atomic E-state index is 0.437. The Hall–Kier alpha value is -0.860. The first-order valence-corrected chi connectivity index (χ1v) is 8.15. The van der Waals surface area contributed by atoms with Gasteiger partial charge in [-0.25, -0.2) is 0 Å². The quantitative estimate of drug-likeness (QED) is 0.851. The SMILES string of the molecule is CCNC(c1ccccc1)C(C)N1CCC(C(C)C)C1. The minimum absolute atomic E-state index is 0.437. The van der Waals surface area contributed by atoms with Crippen molar-refractivity contribution in [2.75, 3.05) is 19.6 Å². The van der Waals surface area contributed by atoms with Crippen molar-refractivity contribution in [3.05, 3.63) is 35.9 Å². The zero-order chi connectivity index (χ0) is 14.5. The van der Waals surface area contributed by atoms with Gasteiger partial charge in [0, 0.05) is 18.6 Å². The fourth-order valence-corrected chi connectivity index (χ4v) is 3.39. The van der Waals surface area contributed by atoms with Crippen molar-refractivity contribution in [3.8, 4) is 0 Å². The molecule has 3 unspecified atom stereocenters. The van der Waals surface area contributed by atoms with Crippen LogP contribution in [0.3, 0.4) is 0 Å². The molecule has 1 aromatic carbocycles. The molecule has 0 aromatic heterocycles. The van der Waals surface area contributed by atoms with Crippen molar-refractivity contribution in [1.82, 2.24) is 10.2 Å². The van der Waals surface area contributed by atoms with Gasteiger partial charge in [-0.05, 0) is 43.8 Å². The summed E-state index contributed by atoms with van der Waals surface area (Å²) in [6.07, 6.45) is 1.36. The van der Waals surface area contributed by atoms with Crippen LogP contribution < -0.4 is 5.32 Å². The minimum Gasteiger partial charge on any atom is -0.309 e. The maximum Gasteiger partial charge on any atom is 0.0475 e. The van der Waals surface area contributed by atoms with Crippen molar-refractivity contribution >= 4 is 0 Å². The maximum atomic E-state index is 3.68. The number of rotatable bonds is 6. The van der Waals surface area contributed by atoms with Crippen LogP contribution in [0.1, 0.15) is 45.7 Å². The third-order valence-corrected chi connectivity index (χ3v) is 4.84. The van der Waals surface area contributed by atoms with Crippen LogP contribution in [-0.4, -0.2) is 30.6 Å². The molecule has 1 aromatic rings. The van der Waals surface area contributed by atoms with Crippen LogP contribution in [0.15, 0.2) is 30.3 Å². The van der Waals surface area contributed by atoms with Crippen LogP contribution in [-0.2, 0) is 0 Å². The van der Waals surface area contributed by atoms with E-state index in [-0.39, 0.29) is 0 Å². The number of likely N-dealkylation sites (tertiary alicyclic amines) is 1. The van der Waals surface area contributed by atoms with Crippen molar-refractivity contribution < 1.29 is 0 Å². The lowest BCUT2D eigenvalue weighted by Crippen LogP contribution is -2.42. The van der Waals surface area contributed by atoms with Gasteiger partial charge < -0.3 is 5.32 Å². The summed E-state index contributed by atoms with van der Waals surface area (Å²) in [6, 6.07) is 11.9. The van der Waals surface area contributed by atoms with Crippen molar-refractivity contribution in [2.45, 2.75) is 46.2 Å². The molecule has 1 aliphatic rings. The highest BCUT2D eigenvalue weighted by Gasteiger charge is 2.31. The molecule has 0 amide bonds. The molecule has 1 fully saturated rings. The number of nitrogens with zero attached hydrogens (tertiary/aromatic N) is 1. The molecule has 0 spiro atoms. The summed E-state index contributed by atoms with van der Waals surface area (Å²) in [6.45, 7) is 12.8. The molecular weight excluding hydrogens is 244 g/mol. The molecule has 0 saturated carbocycles. The average Bonchev–Trinajstić information content (AvgIpc) is 2.95. The summed E-state index contributed by atoms with van der Waals surface area (Å²) in [7, 11) is 0. The van der Waals surface area contributed by atoms with Gasteiger partial charge in [0.15, 0.2) is 0 Å². The smallest absolute Gasteiger partial charge is 0.0475 e. The van der Waals surface area contributed by atoms with E-state index in [1.807, 2.05) is 0 Å². The highest BCUT2D eigenvalue weighted by atomic mass is 15.2. The summed E-state index contributed by atoms with van der Waals surface area (Å²) in [5, 5.41) is 3.68. The number of likely N-dealkylation sites (N-methyl/N-ethyl adjacent to an activating group) is 1. The van der Waals surface area contributed by atoms with E-state index in [0.717, 1.165) is 18.4 Å². The predicted octanol–water partition coefficient (Wildman–Crippen LogP) is 3.70. The highest BCUT2D eigenvalue weighted by molar-refractivity contribution is 5.20. The van der Waals surface area contributed by atoms with Crippen LogP contribution in [0.25, 0.3) is 0 Å². The average molecular weight is 274 g/mol. The Balaban J connectivity index is 2.06. The van der Waals surface area contributed by atoms with E-state index in [1.165, 1.54) is 25.1 Å². The molecule has 2 nitrogen and oxygen atoms in total. The van der Waals surface area contributed by atoms with E-state index in [4.69, 9.17) is 0 Å². The number of hydrogen-bond acceptors (Lipinski definition) is 2. The Kier molecular flexibility index (Phi) is 5.62. The van der Waals surface area contributed by atoms with Gasteiger partial charge in [-0.3, -0.25) is 4.90 Å². The van der Waals surface area contributed by atoms with Crippen LogP contribution in [0, 0.1) is 11.8 Å². The summed E-state index contributed by atoms with van der Waals surface area (Å²) in [5.41, 5.74) is 1.41. The van der Waals surface area contributed by atoms with E-state index < -0.39 is 0 Å². The molecule has 0 bridgehead atoms. The summed E-state index contributed by atoms with van der Waals surface area (Å²) < 4.78 is 0. The molecule has 112 valence electrons. The predicted molar refractivity (Wildman–Crippen MR) is 86.8 cm³/mol. The zero-order valence-corrected chi connectivity index (χ0v) is 13.5. The van der Waals surface area contributed by atoms with Gasteiger partial charge in [0.2, 0.25) is 0 Å². The molecule has 1 aliphatic heterocycles. The van der Waals surface area contributed by atoms with Crippen molar-refractivity contribution in [2.24, 2.45) is 11.8 Å². The number of nitrogens with one attached hydrogen (secondary N) is 1. The lowest BCUT2D eigenvalue weighted by molar-refractivity contribution is 0.195. The second kappa shape index (κ2) is 7.24. The summed E-state index contributed by atoms with van der Waals surface area (Å²) >= 11 is 0. The van der Waals surface area contributed by atoms with Gasteiger partial charge in [-0.2, -0.15) is 0 Å². The third-order valence-electron chi connectivity index (χ3n) is 4.84. The Morgan fingerprint density at radius 2 is 1.90 bits per heavy atom. The molecular formula is C18H30N2. The summed E-state index contributed by atoms with van der Waals surface area (Å²) in [5.74, 6) is 1.68. The van der Waals surface area contributed by atoms with Gasteiger partial charge in [0.05, 0.1) is 0 Å². The largest absolute Gasteiger partial charge is 0.309 e. The fraction of sp³-hybridized carbons (Fsp3) is 0.667. The Morgan fingerprint density at radius 3 is 2.45 bits per heavy atom. The first-order chi connectivity index (χ1) is 9.63. The molecule has 1 saturated heterocycles. The van der Waals surface area contributed by atoms with Gasteiger partial charge in [-0.15, -0.1) is 0 Å². The standard InChI is InChI=1S/C18H30N2/c1-5-19-18(16-9-7-6-8-10-16)15(4)20-12-11-17(13-20)14(2)3/h6-10,14-15,17-19H,5,11-13H2,1-4H3. The number of hydrogen-bond donors (Lipinski definition) is 1. The van der Waals surface area contributed by atoms with Gasteiger partial charge in [0.25, 0.3) is 0 Å². The normalized spacial score (nSPS) is 23.1. The highest BCUT2D eigenvalue weighted by Crippen LogP contribution is 2.29. The lowest BCUT2D eigenvalue weighted by Gasteiger charge is -2.33. The van der Waals surface area contributed by atoms with E-state index in [1.54, 1.807) is 0 Å². The van der Waals surface area contributed by atoms with Crippen molar-refractivity contribution in [1.29, 1.82) is 0 Å². The molecule has 20 heavy (non-hydrogen) atoms. The molecule has 1 heterocycles. The lowest BCUT2D eigenvalue weighted by atomic mass is 9.95. The van der Waals surface area contributed by atoms with E-state index in [2.05, 4.69) is 68.2 Å². The first-order valence-electron chi connectivity index (χ1n) is 8.15. The topological polar surface area (TPSA) is 15.3 Å². The van der Waals surface area contributed by atoms with Crippen molar-refractivity contribution in [3.63, 3.8) is 0 Å². The van der Waals surface area contributed by atoms with Crippen LogP contribution in [0.5, 0.6) is 0 Å². The van der Waals surface area contributed by atoms with Crippen LogP contribution in [0.4, 0.5) is 0 Å². The second-order valence-electron chi connectivity index (χ2n) is 6.47. The fourth-order valence-electron chi connectivity index (χ4n) is 3.39. The monoisotopic (exact) mass is 274 g/mol. The Morgan fingerprint density at radius 1 is 1.20 bits per heavy atom. The first kappa shape index (κ1) is 15.5. The molecule has 3 atom stereocenters. The Bertz CT molecular complexity index is 388. The third kappa shape index (κ3) is 3.62. The van der Waals surface area contributed by atoms with Crippen LogP contribution in [0.2, 0.25) is 0 Å². The van der Waals surface area contributed by atoms with Gasteiger partial charge in [-0.1, -0.05) is 51.1 Å². The zero-order valence-electron chi connectivity index (χ0n) is 13.5. The molecule has 0 aliphatic carbocycles. The maximum absolute atomic E-state index is 3.68. The van der Waals surface area contributed by atoms with Gasteiger partial charge >= 0.3 is 0 Å². The molecule has 2 rings (SSSR count). The molecule has 0 radical (unpaired) electrons. The molecule has 1 N–H and O–H groups in total. The summed E-state index contributed by atoms with van der Waals surface area (Å²) in [4.78, 5) is 2.67. The Labute approximate surface area is 124 Å². The van der Waals surface area contributed by atoms with E-state index >= 15 is 0 Å². The van der Waals surface area contributed by atoms with Gasteiger partial charge in [0.1, 0.15) is 0 Å². The number of benzene rings is 1. The van der Waals surface area contributed by atoms with E-state index in [0.29, 0.717) is 12.1 Å². The molecule has 2 heteroatoms. The van der Waals surface area contributed by atoms with Crippen LogP contribution >= 0.6 is 0 Å². The van der Waals surface area contributed by atoms with E-state index in [9.17, 15) is 0 Å².